The van der Waals surface area contributed by atoms with Gasteiger partial charge in [0.15, 0.2) is 0 Å². The molecule has 0 aromatic rings. The summed E-state index contributed by atoms with van der Waals surface area (Å²) in [5, 5.41) is 12.0. The highest BCUT2D eigenvalue weighted by Crippen LogP contribution is 2.11. The molecule has 0 amide bonds. The first-order chi connectivity index (χ1) is 6.72. The smallest absolute Gasteiger partial charge is 0.317 e. The molecule has 1 aliphatic heterocycles. The Kier molecular flexibility index (Phi) is 4.90. The number of hydrogen-bond donors (Lipinski definition) is 2. The summed E-state index contributed by atoms with van der Waals surface area (Å²) < 4.78 is 0. The molecule has 0 saturated carbocycles. The first-order valence-corrected chi connectivity index (χ1v) is 5.37. The second-order valence-corrected chi connectivity index (χ2v) is 3.93. The zero-order valence-corrected chi connectivity index (χ0v) is 8.83. The maximum atomic E-state index is 10.6. The molecule has 2 N–H and O–H groups in total. The van der Waals surface area contributed by atoms with Gasteiger partial charge in [0.05, 0.1) is 6.54 Å². The van der Waals surface area contributed by atoms with Crippen LogP contribution in [0.1, 0.15) is 19.8 Å². The third-order valence-corrected chi connectivity index (χ3v) is 2.72. The number of carboxylic acid groups (broad SMARTS) is 1. The Hall–Kier alpha value is -0.610. The number of rotatable bonds is 5. The fourth-order valence-electron chi connectivity index (χ4n) is 1.94. The summed E-state index contributed by atoms with van der Waals surface area (Å²) in [6, 6.07) is 0. The van der Waals surface area contributed by atoms with Crippen molar-refractivity contribution in [2.75, 3.05) is 32.7 Å². The van der Waals surface area contributed by atoms with Crippen LogP contribution in [0.5, 0.6) is 0 Å². The van der Waals surface area contributed by atoms with Crippen LogP contribution in [0.4, 0.5) is 0 Å². The van der Waals surface area contributed by atoms with Crippen molar-refractivity contribution in [3.8, 4) is 0 Å². The Balaban J connectivity index is 2.27. The van der Waals surface area contributed by atoms with Gasteiger partial charge in [-0.1, -0.05) is 6.92 Å². The first-order valence-electron chi connectivity index (χ1n) is 5.37. The van der Waals surface area contributed by atoms with Crippen molar-refractivity contribution >= 4 is 5.97 Å². The van der Waals surface area contributed by atoms with Gasteiger partial charge in [-0.3, -0.25) is 9.69 Å². The Morgan fingerprint density at radius 2 is 2.43 bits per heavy atom. The summed E-state index contributed by atoms with van der Waals surface area (Å²) in [4.78, 5) is 12.6. The molecule has 0 spiro atoms. The van der Waals surface area contributed by atoms with Crippen LogP contribution >= 0.6 is 0 Å². The lowest BCUT2D eigenvalue weighted by atomic mass is 9.99. The van der Waals surface area contributed by atoms with Crippen molar-refractivity contribution in [3.05, 3.63) is 0 Å². The minimum Gasteiger partial charge on any atom is -0.480 e. The first kappa shape index (κ1) is 11.5. The Labute approximate surface area is 85.3 Å². The molecule has 0 bridgehead atoms. The summed E-state index contributed by atoms with van der Waals surface area (Å²) in [5.41, 5.74) is 0. The normalized spacial score (nSPS) is 22.6. The summed E-state index contributed by atoms with van der Waals surface area (Å²) in [6.45, 7) is 6.07. The molecule has 0 aliphatic carbocycles. The molecule has 1 heterocycles. The molecule has 1 aliphatic rings. The quantitative estimate of drug-likeness (QED) is 0.674. The van der Waals surface area contributed by atoms with E-state index in [-0.39, 0.29) is 6.54 Å². The number of carboxylic acids is 1. The third-order valence-electron chi connectivity index (χ3n) is 2.72. The van der Waals surface area contributed by atoms with Crippen LogP contribution in [0, 0.1) is 5.92 Å². The van der Waals surface area contributed by atoms with E-state index in [1.807, 2.05) is 11.8 Å². The molecule has 14 heavy (non-hydrogen) atoms. The van der Waals surface area contributed by atoms with Gasteiger partial charge < -0.3 is 10.4 Å². The van der Waals surface area contributed by atoms with Crippen LogP contribution in [0.15, 0.2) is 0 Å². The Bertz CT molecular complexity index is 179. The molecular weight excluding hydrogens is 180 g/mol. The predicted molar refractivity (Wildman–Crippen MR) is 55.3 cm³/mol. The second kappa shape index (κ2) is 5.98. The third kappa shape index (κ3) is 4.07. The second-order valence-electron chi connectivity index (χ2n) is 3.93. The Morgan fingerprint density at radius 1 is 1.64 bits per heavy atom. The van der Waals surface area contributed by atoms with Crippen LogP contribution in [0.2, 0.25) is 0 Å². The Morgan fingerprint density at radius 3 is 2.93 bits per heavy atom. The van der Waals surface area contributed by atoms with E-state index < -0.39 is 5.97 Å². The van der Waals surface area contributed by atoms with Gasteiger partial charge in [-0.15, -0.1) is 0 Å². The van der Waals surface area contributed by atoms with E-state index in [2.05, 4.69) is 5.32 Å². The van der Waals surface area contributed by atoms with E-state index in [4.69, 9.17) is 5.11 Å². The van der Waals surface area contributed by atoms with E-state index in [0.717, 1.165) is 26.2 Å². The fourth-order valence-corrected chi connectivity index (χ4v) is 1.94. The largest absolute Gasteiger partial charge is 0.480 e. The number of carbonyl (C=O) groups is 1. The molecule has 0 radical (unpaired) electrons. The van der Waals surface area contributed by atoms with Crippen molar-refractivity contribution in [2.24, 2.45) is 5.92 Å². The zero-order chi connectivity index (χ0) is 10.4. The molecule has 1 unspecified atom stereocenters. The van der Waals surface area contributed by atoms with Gasteiger partial charge in [0, 0.05) is 6.54 Å². The maximum Gasteiger partial charge on any atom is 0.317 e. The zero-order valence-electron chi connectivity index (χ0n) is 8.83. The van der Waals surface area contributed by atoms with Gasteiger partial charge in [0.1, 0.15) is 0 Å². The fraction of sp³-hybridized carbons (Fsp3) is 0.900. The van der Waals surface area contributed by atoms with Crippen molar-refractivity contribution in [3.63, 3.8) is 0 Å². The van der Waals surface area contributed by atoms with E-state index in [1.54, 1.807) is 0 Å². The summed E-state index contributed by atoms with van der Waals surface area (Å²) >= 11 is 0. The number of hydrogen-bond acceptors (Lipinski definition) is 3. The number of likely N-dealkylation sites (N-methyl/N-ethyl adjacent to an activating group) is 1. The van der Waals surface area contributed by atoms with Gasteiger partial charge in [0.25, 0.3) is 0 Å². The number of aliphatic carboxylic acids is 1. The lowest BCUT2D eigenvalue weighted by Gasteiger charge is -2.28. The van der Waals surface area contributed by atoms with Gasteiger partial charge in [-0.05, 0) is 38.4 Å². The molecule has 1 fully saturated rings. The van der Waals surface area contributed by atoms with Crippen LogP contribution in [-0.4, -0.2) is 48.7 Å². The van der Waals surface area contributed by atoms with Gasteiger partial charge in [-0.2, -0.15) is 0 Å². The SMILES string of the molecule is CCN(CC(=O)O)CC1CCCNC1. The van der Waals surface area contributed by atoms with E-state index >= 15 is 0 Å². The van der Waals surface area contributed by atoms with E-state index in [1.165, 1.54) is 12.8 Å². The number of nitrogens with zero attached hydrogens (tertiary/aromatic N) is 1. The molecule has 4 heteroatoms. The molecule has 1 atom stereocenters. The van der Waals surface area contributed by atoms with E-state index in [0.29, 0.717) is 5.92 Å². The molecule has 82 valence electrons. The maximum absolute atomic E-state index is 10.6. The lowest BCUT2D eigenvalue weighted by Crippen LogP contribution is -2.40. The highest BCUT2D eigenvalue weighted by molar-refractivity contribution is 5.69. The standard InChI is InChI=1S/C10H20N2O2/c1-2-12(8-10(13)14)7-9-4-3-5-11-6-9/h9,11H,2-8H2,1H3,(H,13,14). The van der Waals surface area contributed by atoms with E-state index in [9.17, 15) is 4.79 Å². The van der Waals surface area contributed by atoms with Crippen LogP contribution in [-0.2, 0) is 4.79 Å². The van der Waals surface area contributed by atoms with Gasteiger partial charge in [0.2, 0.25) is 0 Å². The lowest BCUT2D eigenvalue weighted by molar-refractivity contribution is -0.138. The predicted octanol–water partition coefficient (Wildman–Crippen LogP) is 0.393. The molecule has 1 saturated heterocycles. The number of nitrogens with one attached hydrogen (secondary N) is 1. The minimum absolute atomic E-state index is 0.174. The summed E-state index contributed by atoms with van der Waals surface area (Å²) in [7, 11) is 0. The van der Waals surface area contributed by atoms with Crippen LogP contribution in [0.25, 0.3) is 0 Å². The molecular formula is C10H20N2O2. The summed E-state index contributed by atoms with van der Waals surface area (Å²) in [5.74, 6) is -0.0985. The van der Waals surface area contributed by atoms with Crippen LogP contribution in [0.3, 0.4) is 0 Å². The van der Waals surface area contributed by atoms with Crippen molar-refractivity contribution < 1.29 is 9.90 Å². The van der Waals surface area contributed by atoms with Gasteiger partial charge >= 0.3 is 5.97 Å². The summed E-state index contributed by atoms with van der Waals surface area (Å²) in [6.07, 6.45) is 2.44. The molecule has 4 nitrogen and oxygen atoms in total. The molecule has 1 rings (SSSR count). The van der Waals surface area contributed by atoms with Crippen molar-refractivity contribution in [2.45, 2.75) is 19.8 Å². The average molecular weight is 200 g/mol. The monoisotopic (exact) mass is 200 g/mol. The number of piperidine rings is 1. The van der Waals surface area contributed by atoms with Gasteiger partial charge in [-0.25, -0.2) is 0 Å². The average Bonchev–Trinajstić information content (AvgIpc) is 2.17. The topological polar surface area (TPSA) is 52.6 Å². The highest BCUT2D eigenvalue weighted by atomic mass is 16.4. The minimum atomic E-state index is -0.726. The van der Waals surface area contributed by atoms with Crippen molar-refractivity contribution in [1.29, 1.82) is 0 Å². The molecule has 0 aromatic carbocycles. The highest BCUT2D eigenvalue weighted by Gasteiger charge is 2.17. The molecule has 0 aromatic heterocycles. The van der Waals surface area contributed by atoms with Crippen LogP contribution < -0.4 is 5.32 Å². The van der Waals surface area contributed by atoms with Crippen molar-refractivity contribution in [1.82, 2.24) is 10.2 Å².